The van der Waals surface area contributed by atoms with Crippen LogP contribution in [0.15, 0.2) is 42.5 Å². The van der Waals surface area contributed by atoms with Gasteiger partial charge in [0.15, 0.2) is 0 Å². The minimum atomic E-state index is 0.325. The fourth-order valence-electron chi connectivity index (χ4n) is 1.83. The average molecular weight is 310 g/mol. The van der Waals surface area contributed by atoms with Crippen molar-refractivity contribution in [3.8, 4) is 5.75 Å². The van der Waals surface area contributed by atoms with E-state index in [9.17, 15) is 0 Å². The Morgan fingerprint density at radius 2 is 1.80 bits per heavy atom. The zero-order chi connectivity index (χ0) is 14.5. The van der Waals surface area contributed by atoms with Crippen molar-refractivity contribution >= 4 is 23.2 Å². The summed E-state index contributed by atoms with van der Waals surface area (Å²) in [5.41, 5.74) is 2.10. The van der Waals surface area contributed by atoms with Crippen LogP contribution in [0.2, 0.25) is 10.0 Å². The van der Waals surface area contributed by atoms with E-state index in [1.807, 2.05) is 25.2 Å². The van der Waals surface area contributed by atoms with Gasteiger partial charge in [-0.15, -0.1) is 0 Å². The van der Waals surface area contributed by atoms with Crippen molar-refractivity contribution in [1.82, 2.24) is 5.32 Å². The molecule has 1 N–H and O–H groups in total. The van der Waals surface area contributed by atoms with Crippen LogP contribution < -0.4 is 10.1 Å². The lowest BCUT2D eigenvalue weighted by atomic mass is 10.1. The quantitative estimate of drug-likeness (QED) is 0.852. The molecular formula is C16H17Cl2NO. The third-order valence-corrected chi connectivity index (χ3v) is 3.82. The van der Waals surface area contributed by atoms with Crippen molar-refractivity contribution in [1.29, 1.82) is 0 Å². The van der Waals surface area contributed by atoms with Crippen LogP contribution in [0.3, 0.4) is 0 Å². The fourth-order valence-corrected chi connectivity index (χ4v) is 2.20. The highest BCUT2D eigenvalue weighted by molar-refractivity contribution is 6.33. The van der Waals surface area contributed by atoms with Crippen LogP contribution in [0.5, 0.6) is 5.75 Å². The molecule has 0 spiro atoms. The standard InChI is InChI=1S/C16H17Cl2NO/c1-11(19-2)12-3-6-15(7-4-12)20-10-13-9-14(17)5-8-16(13)18/h3-9,11,19H,10H2,1-2H3. The van der Waals surface area contributed by atoms with E-state index < -0.39 is 0 Å². The molecule has 4 heteroatoms. The second-order valence-corrected chi connectivity index (χ2v) is 5.45. The summed E-state index contributed by atoms with van der Waals surface area (Å²) in [4.78, 5) is 0. The molecular weight excluding hydrogens is 293 g/mol. The highest BCUT2D eigenvalue weighted by Gasteiger charge is 2.04. The molecule has 2 nitrogen and oxygen atoms in total. The van der Waals surface area contributed by atoms with Crippen molar-refractivity contribution in [2.75, 3.05) is 7.05 Å². The Balaban J connectivity index is 2.02. The lowest BCUT2D eigenvalue weighted by Gasteiger charge is -2.12. The number of ether oxygens (including phenoxy) is 1. The zero-order valence-corrected chi connectivity index (χ0v) is 13.0. The molecule has 2 aromatic carbocycles. The van der Waals surface area contributed by atoms with Crippen LogP contribution in [0, 0.1) is 0 Å². The van der Waals surface area contributed by atoms with Gasteiger partial charge in [0.05, 0.1) is 0 Å². The number of halogens is 2. The van der Waals surface area contributed by atoms with E-state index in [0.29, 0.717) is 22.7 Å². The summed E-state index contributed by atoms with van der Waals surface area (Å²) in [5.74, 6) is 0.813. The maximum atomic E-state index is 6.10. The molecule has 0 aliphatic carbocycles. The Labute approximate surface area is 129 Å². The SMILES string of the molecule is CNC(C)c1ccc(OCc2cc(Cl)ccc2Cl)cc1. The summed E-state index contributed by atoms with van der Waals surface area (Å²) in [6, 6.07) is 13.7. The number of rotatable bonds is 5. The molecule has 0 radical (unpaired) electrons. The maximum absolute atomic E-state index is 6.10. The van der Waals surface area contributed by atoms with Gasteiger partial charge < -0.3 is 10.1 Å². The molecule has 2 rings (SSSR count). The van der Waals surface area contributed by atoms with E-state index in [1.54, 1.807) is 12.1 Å². The molecule has 0 aromatic heterocycles. The van der Waals surface area contributed by atoms with Crippen LogP contribution >= 0.6 is 23.2 Å². The lowest BCUT2D eigenvalue weighted by molar-refractivity contribution is 0.306. The van der Waals surface area contributed by atoms with Gasteiger partial charge in [-0.2, -0.15) is 0 Å². The number of nitrogens with one attached hydrogen (secondary N) is 1. The third-order valence-electron chi connectivity index (χ3n) is 3.22. The van der Waals surface area contributed by atoms with Crippen LogP contribution in [0.1, 0.15) is 24.1 Å². The molecule has 0 aliphatic heterocycles. The van der Waals surface area contributed by atoms with E-state index in [-0.39, 0.29) is 0 Å². The van der Waals surface area contributed by atoms with Gasteiger partial charge >= 0.3 is 0 Å². The summed E-state index contributed by atoms with van der Waals surface area (Å²) >= 11 is 12.1. The topological polar surface area (TPSA) is 21.3 Å². The molecule has 0 saturated carbocycles. The van der Waals surface area contributed by atoms with Crippen molar-refractivity contribution in [2.24, 2.45) is 0 Å². The molecule has 0 bridgehead atoms. The highest BCUT2D eigenvalue weighted by Crippen LogP contribution is 2.23. The number of benzene rings is 2. The van der Waals surface area contributed by atoms with E-state index in [1.165, 1.54) is 5.56 Å². The fraction of sp³-hybridized carbons (Fsp3) is 0.250. The Hall–Kier alpha value is -1.22. The molecule has 0 fully saturated rings. The van der Waals surface area contributed by atoms with Crippen LogP contribution in [-0.4, -0.2) is 7.05 Å². The van der Waals surface area contributed by atoms with Gasteiger partial charge in [-0.05, 0) is 49.9 Å². The summed E-state index contributed by atoms with van der Waals surface area (Å²) in [6.07, 6.45) is 0. The average Bonchev–Trinajstić information content (AvgIpc) is 2.48. The first kappa shape index (κ1) is 15.2. The summed E-state index contributed by atoms with van der Waals surface area (Å²) in [5, 5.41) is 4.52. The van der Waals surface area contributed by atoms with Crippen molar-refractivity contribution in [2.45, 2.75) is 19.6 Å². The first-order valence-electron chi connectivity index (χ1n) is 6.44. The van der Waals surface area contributed by atoms with Crippen LogP contribution in [0.4, 0.5) is 0 Å². The Bertz CT molecular complexity index is 569. The highest BCUT2D eigenvalue weighted by atomic mass is 35.5. The van der Waals surface area contributed by atoms with E-state index >= 15 is 0 Å². The normalized spacial score (nSPS) is 12.2. The molecule has 2 aromatic rings. The molecule has 0 saturated heterocycles. The molecule has 20 heavy (non-hydrogen) atoms. The minimum Gasteiger partial charge on any atom is -0.489 e. The molecule has 0 amide bonds. The minimum absolute atomic E-state index is 0.325. The predicted octanol–water partition coefficient (Wildman–Crippen LogP) is 4.85. The van der Waals surface area contributed by atoms with E-state index in [0.717, 1.165) is 11.3 Å². The van der Waals surface area contributed by atoms with Crippen LogP contribution in [-0.2, 0) is 6.61 Å². The summed E-state index contributed by atoms with van der Waals surface area (Å²) in [6.45, 7) is 2.52. The van der Waals surface area contributed by atoms with Gasteiger partial charge in [0.2, 0.25) is 0 Å². The first-order valence-corrected chi connectivity index (χ1v) is 7.19. The predicted molar refractivity (Wildman–Crippen MR) is 84.7 cm³/mol. The Morgan fingerprint density at radius 3 is 2.45 bits per heavy atom. The van der Waals surface area contributed by atoms with E-state index in [4.69, 9.17) is 27.9 Å². The second-order valence-electron chi connectivity index (χ2n) is 4.60. The summed E-state index contributed by atoms with van der Waals surface area (Å²) < 4.78 is 5.73. The van der Waals surface area contributed by atoms with Gasteiger partial charge in [0.1, 0.15) is 12.4 Å². The molecule has 0 aliphatic rings. The van der Waals surface area contributed by atoms with Crippen molar-refractivity contribution in [3.63, 3.8) is 0 Å². The molecule has 106 valence electrons. The van der Waals surface area contributed by atoms with Gasteiger partial charge in [-0.3, -0.25) is 0 Å². The Morgan fingerprint density at radius 1 is 1.10 bits per heavy atom. The smallest absolute Gasteiger partial charge is 0.119 e. The molecule has 0 heterocycles. The van der Waals surface area contributed by atoms with Crippen molar-refractivity contribution < 1.29 is 4.74 Å². The first-order chi connectivity index (χ1) is 9.60. The van der Waals surface area contributed by atoms with Crippen molar-refractivity contribution in [3.05, 3.63) is 63.6 Å². The number of hydrogen-bond donors (Lipinski definition) is 1. The molecule has 1 atom stereocenters. The van der Waals surface area contributed by atoms with Crippen LogP contribution in [0.25, 0.3) is 0 Å². The van der Waals surface area contributed by atoms with Gasteiger partial charge in [-0.1, -0.05) is 35.3 Å². The lowest BCUT2D eigenvalue weighted by Crippen LogP contribution is -2.11. The van der Waals surface area contributed by atoms with Gasteiger partial charge in [0, 0.05) is 21.7 Å². The van der Waals surface area contributed by atoms with Gasteiger partial charge in [0.25, 0.3) is 0 Å². The Kier molecular flexibility index (Phi) is 5.30. The summed E-state index contributed by atoms with van der Waals surface area (Å²) in [7, 11) is 1.94. The zero-order valence-electron chi connectivity index (χ0n) is 11.5. The van der Waals surface area contributed by atoms with Gasteiger partial charge in [-0.25, -0.2) is 0 Å². The second kappa shape index (κ2) is 6.98. The third kappa shape index (κ3) is 3.89. The van der Waals surface area contributed by atoms with E-state index in [2.05, 4.69) is 24.4 Å². The molecule has 1 unspecified atom stereocenters. The largest absolute Gasteiger partial charge is 0.489 e. The monoisotopic (exact) mass is 309 g/mol. The number of hydrogen-bond acceptors (Lipinski definition) is 2. The maximum Gasteiger partial charge on any atom is 0.119 e.